The molecule has 0 aliphatic carbocycles. The molecule has 1 amide bonds. The third-order valence-corrected chi connectivity index (χ3v) is 4.27. The van der Waals surface area contributed by atoms with Gasteiger partial charge in [-0.3, -0.25) is 4.79 Å². The fourth-order valence-electron chi connectivity index (χ4n) is 2.81. The van der Waals surface area contributed by atoms with Gasteiger partial charge in [-0.1, -0.05) is 29.8 Å². The minimum atomic E-state index is -0.410. The zero-order chi connectivity index (χ0) is 18.1. The second kappa shape index (κ2) is 6.69. The summed E-state index contributed by atoms with van der Waals surface area (Å²) in [4.78, 5) is 16.7. The lowest BCUT2D eigenvalue weighted by Gasteiger charge is -2.08. The lowest BCUT2D eigenvalue weighted by atomic mass is 10.1. The van der Waals surface area contributed by atoms with Gasteiger partial charge in [0.05, 0.1) is 11.6 Å². The molecule has 0 aliphatic rings. The third kappa shape index (κ3) is 2.97. The molecular formula is C20H15ClN2O3. The van der Waals surface area contributed by atoms with Crippen LogP contribution in [-0.2, 0) is 0 Å². The number of nitrogens with one attached hydrogen (secondary N) is 1. The summed E-state index contributed by atoms with van der Waals surface area (Å²) in [6.45, 7) is 2.30. The maximum atomic E-state index is 12.6. The van der Waals surface area contributed by atoms with E-state index in [1.807, 2.05) is 43.3 Å². The molecule has 0 atom stereocenters. The maximum Gasteiger partial charge on any atom is 0.275 e. The van der Waals surface area contributed by atoms with Crippen molar-refractivity contribution in [2.75, 3.05) is 11.9 Å². The molecule has 2 aromatic heterocycles. The Balaban J connectivity index is 1.65. The molecule has 2 aromatic carbocycles. The standard InChI is InChI=1S/C20H15ClN2O3/c1-2-25-18-10-9-15(21)19(23-18)20(24)22-12-7-8-14-13-5-3-4-6-16(13)26-17(14)11-12/h3-11H,2H2,1H3,(H,22,24). The van der Waals surface area contributed by atoms with Gasteiger partial charge < -0.3 is 14.5 Å². The van der Waals surface area contributed by atoms with Gasteiger partial charge in [0.1, 0.15) is 11.2 Å². The number of para-hydroxylation sites is 1. The highest BCUT2D eigenvalue weighted by Crippen LogP contribution is 2.30. The number of amides is 1. The first-order valence-corrected chi connectivity index (χ1v) is 8.55. The molecule has 2 heterocycles. The van der Waals surface area contributed by atoms with Gasteiger partial charge >= 0.3 is 0 Å². The summed E-state index contributed by atoms with van der Waals surface area (Å²) in [5.74, 6) is -0.0539. The molecule has 0 bridgehead atoms. The summed E-state index contributed by atoms with van der Waals surface area (Å²) in [5.41, 5.74) is 2.22. The Hall–Kier alpha value is -3.05. The van der Waals surface area contributed by atoms with Crippen LogP contribution in [0, 0.1) is 0 Å². The number of halogens is 1. The number of anilines is 1. The van der Waals surface area contributed by atoms with Crippen LogP contribution in [0.3, 0.4) is 0 Å². The highest BCUT2D eigenvalue weighted by Gasteiger charge is 2.15. The quantitative estimate of drug-likeness (QED) is 0.533. The minimum Gasteiger partial charge on any atom is -0.478 e. The van der Waals surface area contributed by atoms with Crippen LogP contribution in [-0.4, -0.2) is 17.5 Å². The molecule has 5 nitrogen and oxygen atoms in total. The molecule has 4 aromatic rings. The lowest BCUT2D eigenvalue weighted by molar-refractivity contribution is 0.102. The van der Waals surface area contributed by atoms with Crippen LogP contribution >= 0.6 is 11.6 Å². The van der Waals surface area contributed by atoms with Crippen molar-refractivity contribution in [1.29, 1.82) is 0 Å². The number of ether oxygens (including phenoxy) is 1. The molecule has 0 saturated carbocycles. The van der Waals surface area contributed by atoms with Gasteiger partial charge in [-0.2, -0.15) is 0 Å². The Morgan fingerprint density at radius 2 is 1.92 bits per heavy atom. The van der Waals surface area contributed by atoms with Crippen molar-refractivity contribution < 1.29 is 13.9 Å². The number of fused-ring (bicyclic) bond motifs is 3. The molecule has 26 heavy (non-hydrogen) atoms. The number of hydrogen-bond donors (Lipinski definition) is 1. The van der Waals surface area contributed by atoms with E-state index in [0.717, 1.165) is 16.4 Å². The minimum absolute atomic E-state index is 0.113. The Morgan fingerprint density at radius 1 is 1.12 bits per heavy atom. The SMILES string of the molecule is CCOc1ccc(Cl)c(C(=O)Nc2ccc3c(c2)oc2ccccc23)n1. The number of aromatic nitrogens is 1. The van der Waals surface area contributed by atoms with E-state index >= 15 is 0 Å². The first kappa shape index (κ1) is 16.4. The van der Waals surface area contributed by atoms with E-state index in [0.29, 0.717) is 23.8 Å². The van der Waals surface area contributed by atoms with Crippen LogP contribution in [0.5, 0.6) is 5.88 Å². The van der Waals surface area contributed by atoms with E-state index in [1.165, 1.54) is 0 Å². The summed E-state index contributed by atoms with van der Waals surface area (Å²) < 4.78 is 11.2. The van der Waals surface area contributed by atoms with E-state index in [-0.39, 0.29) is 10.7 Å². The summed E-state index contributed by atoms with van der Waals surface area (Å²) >= 11 is 6.11. The number of pyridine rings is 1. The summed E-state index contributed by atoms with van der Waals surface area (Å²) in [5, 5.41) is 5.09. The largest absolute Gasteiger partial charge is 0.478 e. The summed E-state index contributed by atoms with van der Waals surface area (Å²) in [6.07, 6.45) is 0. The fraction of sp³-hybridized carbons (Fsp3) is 0.100. The van der Waals surface area contributed by atoms with Gasteiger partial charge in [-0.25, -0.2) is 4.98 Å². The van der Waals surface area contributed by atoms with E-state index in [1.54, 1.807) is 18.2 Å². The number of furan rings is 1. The van der Waals surface area contributed by atoms with Gasteiger partial charge in [0, 0.05) is 28.6 Å². The highest BCUT2D eigenvalue weighted by molar-refractivity contribution is 6.34. The van der Waals surface area contributed by atoms with E-state index in [4.69, 9.17) is 20.8 Å². The zero-order valence-electron chi connectivity index (χ0n) is 14.0. The monoisotopic (exact) mass is 366 g/mol. The maximum absolute atomic E-state index is 12.6. The average molecular weight is 367 g/mol. The topological polar surface area (TPSA) is 64.4 Å². The molecule has 0 radical (unpaired) electrons. The molecule has 1 N–H and O–H groups in total. The van der Waals surface area contributed by atoms with Crippen molar-refractivity contribution in [2.24, 2.45) is 0 Å². The second-order valence-corrected chi connectivity index (χ2v) is 6.08. The van der Waals surface area contributed by atoms with Crippen molar-refractivity contribution in [3.05, 3.63) is 65.3 Å². The van der Waals surface area contributed by atoms with Crippen molar-refractivity contribution in [2.45, 2.75) is 6.92 Å². The molecular weight excluding hydrogens is 352 g/mol. The van der Waals surface area contributed by atoms with Gasteiger partial charge in [-0.05, 0) is 31.2 Å². The first-order chi connectivity index (χ1) is 12.7. The Labute approximate surface area is 154 Å². The van der Waals surface area contributed by atoms with Crippen LogP contribution < -0.4 is 10.1 Å². The predicted molar refractivity (Wildman–Crippen MR) is 102 cm³/mol. The number of carbonyl (C=O) groups is 1. The number of benzene rings is 2. The molecule has 0 aliphatic heterocycles. The Morgan fingerprint density at radius 3 is 2.77 bits per heavy atom. The normalized spacial score (nSPS) is 11.0. The number of rotatable bonds is 4. The van der Waals surface area contributed by atoms with Gasteiger partial charge in [0.2, 0.25) is 5.88 Å². The predicted octanol–water partition coefficient (Wildman–Crippen LogP) is 5.29. The Bertz CT molecular complexity index is 1120. The first-order valence-electron chi connectivity index (χ1n) is 8.17. The van der Waals surface area contributed by atoms with E-state index in [9.17, 15) is 4.79 Å². The van der Waals surface area contributed by atoms with Gasteiger partial charge in [0.25, 0.3) is 5.91 Å². The van der Waals surface area contributed by atoms with Crippen LogP contribution in [0.4, 0.5) is 5.69 Å². The van der Waals surface area contributed by atoms with Gasteiger partial charge in [-0.15, -0.1) is 0 Å². The van der Waals surface area contributed by atoms with Crippen LogP contribution in [0.15, 0.2) is 59.0 Å². The zero-order valence-corrected chi connectivity index (χ0v) is 14.7. The number of nitrogens with zero attached hydrogens (tertiary/aromatic N) is 1. The average Bonchev–Trinajstić information content (AvgIpc) is 3.01. The van der Waals surface area contributed by atoms with E-state index < -0.39 is 5.91 Å². The number of carbonyl (C=O) groups excluding carboxylic acids is 1. The van der Waals surface area contributed by atoms with E-state index in [2.05, 4.69) is 10.3 Å². The molecule has 6 heteroatoms. The fourth-order valence-corrected chi connectivity index (χ4v) is 3.00. The molecule has 0 fully saturated rings. The lowest BCUT2D eigenvalue weighted by Crippen LogP contribution is -2.14. The van der Waals surface area contributed by atoms with Crippen LogP contribution in [0.1, 0.15) is 17.4 Å². The molecule has 0 spiro atoms. The number of hydrogen-bond acceptors (Lipinski definition) is 4. The third-order valence-electron chi connectivity index (χ3n) is 3.96. The van der Waals surface area contributed by atoms with Crippen molar-refractivity contribution in [3.8, 4) is 5.88 Å². The second-order valence-electron chi connectivity index (χ2n) is 5.68. The smallest absolute Gasteiger partial charge is 0.275 e. The van der Waals surface area contributed by atoms with Crippen molar-refractivity contribution >= 4 is 45.1 Å². The molecule has 0 unspecified atom stereocenters. The molecule has 4 rings (SSSR count). The molecule has 130 valence electrons. The van der Waals surface area contributed by atoms with Crippen LogP contribution in [0.2, 0.25) is 5.02 Å². The van der Waals surface area contributed by atoms with Crippen LogP contribution in [0.25, 0.3) is 21.9 Å². The molecule has 0 saturated heterocycles. The van der Waals surface area contributed by atoms with Crippen molar-refractivity contribution in [1.82, 2.24) is 4.98 Å². The summed E-state index contributed by atoms with van der Waals surface area (Å²) in [7, 11) is 0. The summed E-state index contributed by atoms with van der Waals surface area (Å²) in [6, 6.07) is 16.6. The van der Waals surface area contributed by atoms with Crippen molar-refractivity contribution in [3.63, 3.8) is 0 Å². The Kier molecular flexibility index (Phi) is 4.22. The highest BCUT2D eigenvalue weighted by atomic mass is 35.5. The van der Waals surface area contributed by atoms with Gasteiger partial charge in [0.15, 0.2) is 5.69 Å².